The minimum atomic E-state index is -0.0467. The van der Waals surface area contributed by atoms with Crippen molar-refractivity contribution in [1.29, 1.82) is 0 Å². The summed E-state index contributed by atoms with van der Waals surface area (Å²) in [5.41, 5.74) is 3.09. The molecule has 2 N–H and O–H groups in total. The molecule has 0 radical (unpaired) electrons. The van der Waals surface area contributed by atoms with E-state index in [0.29, 0.717) is 12.5 Å². The predicted octanol–water partition coefficient (Wildman–Crippen LogP) is 4.14. The Morgan fingerprint density at radius 1 is 1.16 bits per heavy atom. The van der Waals surface area contributed by atoms with Crippen molar-refractivity contribution in [2.24, 2.45) is 23.2 Å². The van der Waals surface area contributed by atoms with Crippen LogP contribution in [0.1, 0.15) is 47.1 Å². The fourth-order valence-electron chi connectivity index (χ4n) is 3.14. The van der Waals surface area contributed by atoms with Gasteiger partial charge in [-0.2, -0.15) is 0 Å². The Bertz CT molecular complexity index is 668. The molecule has 1 aromatic rings. The van der Waals surface area contributed by atoms with E-state index in [9.17, 15) is 9.59 Å². The maximum atomic E-state index is 12.5. The van der Waals surface area contributed by atoms with Crippen LogP contribution in [-0.4, -0.2) is 11.8 Å². The summed E-state index contributed by atoms with van der Waals surface area (Å²) in [6, 6.07) is 7.60. The number of carbonyl (C=O) groups excluding carboxylic acids is 2. The normalized spacial score (nSPS) is 20.8. The molecule has 0 spiro atoms. The first-order valence-corrected chi connectivity index (χ1v) is 8.95. The molecule has 2 amide bonds. The zero-order valence-electron chi connectivity index (χ0n) is 16.1. The third-order valence-corrected chi connectivity index (χ3v) is 4.92. The second kappa shape index (κ2) is 7.42. The molecule has 2 atom stereocenters. The van der Waals surface area contributed by atoms with E-state index in [0.717, 1.165) is 11.3 Å². The van der Waals surface area contributed by atoms with Gasteiger partial charge >= 0.3 is 0 Å². The average Bonchev–Trinajstić information content (AvgIpc) is 3.06. The van der Waals surface area contributed by atoms with Gasteiger partial charge in [-0.05, 0) is 42.9 Å². The molecule has 0 bridgehead atoms. The van der Waals surface area contributed by atoms with Crippen LogP contribution in [0.4, 0.5) is 5.69 Å². The van der Waals surface area contributed by atoms with Gasteiger partial charge in [-0.15, -0.1) is 0 Å². The third-order valence-electron chi connectivity index (χ3n) is 4.92. The van der Waals surface area contributed by atoms with E-state index in [4.69, 9.17) is 0 Å². The van der Waals surface area contributed by atoms with E-state index >= 15 is 0 Å². The zero-order valence-corrected chi connectivity index (χ0v) is 16.1. The van der Waals surface area contributed by atoms with Gasteiger partial charge < -0.3 is 10.6 Å². The quantitative estimate of drug-likeness (QED) is 0.764. The van der Waals surface area contributed by atoms with Crippen LogP contribution in [0.15, 0.2) is 35.9 Å². The third kappa shape index (κ3) is 4.71. The molecule has 0 saturated heterocycles. The van der Waals surface area contributed by atoms with Gasteiger partial charge in [0.2, 0.25) is 11.8 Å². The number of anilines is 1. The second-order valence-corrected chi connectivity index (χ2v) is 8.13. The second-order valence-electron chi connectivity index (χ2n) is 8.13. The summed E-state index contributed by atoms with van der Waals surface area (Å²) in [6.07, 6.45) is 2.20. The van der Waals surface area contributed by atoms with Gasteiger partial charge in [0.05, 0.1) is 5.92 Å². The van der Waals surface area contributed by atoms with E-state index in [1.165, 1.54) is 5.57 Å². The Morgan fingerprint density at radius 2 is 1.76 bits per heavy atom. The Kier molecular flexibility index (Phi) is 5.71. The lowest BCUT2D eigenvalue weighted by atomic mass is 10.1. The van der Waals surface area contributed by atoms with E-state index in [2.05, 4.69) is 44.4 Å². The molecule has 136 valence electrons. The molecule has 4 heteroatoms. The van der Waals surface area contributed by atoms with E-state index in [1.807, 2.05) is 38.1 Å². The topological polar surface area (TPSA) is 58.2 Å². The summed E-state index contributed by atoms with van der Waals surface area (Å²) in [6.45, 7) is 12.7. The van der Waals surface area contributed by atoms with Crippen LogP contribution in [0.25, 0.3) is 0 Å². The summed E-state index contributed by atoms with van der Waals surface area (Å²) in [7, 11) is 0. The summed E-state index contributed by atoms with van der Waals surface area (Å²) < 4.78 is 0. The van der Waals surface area contributed by atoms with Crippen molar-refractivity contribution >= 4 is 17.5 Å². The number of carbonyl (C=O) groups is 2. The molecule has 2 rings (SSSR count). The first-order valence-electron chi connectivity index (χ1n) is 8.95. The predicted molar refractivity (Wildman–Crippen MR) is 102 cm³/mol. The van der Waals surface area contributed by atoms with Crippen LogP contribution in [0.3, 0.4) is 0 Å². The van der Waals surface area contributed by atoms with Crippen LogP contribution in [0.2, 0.25) is 0 Å². The van der Waals surface area contributed by atoms with Gasteiger partial charge in [0.1, 0.15) is 0 Å². The lowest BCUT2D eigenvalue weighted by molar-refractivity contribution is -0.123. The first-order chi connectivity index (χ1) is 11.6. The van der Waals surface area contributed by atoms with Gasteiger partial charge in [0.25, 0.3) is 0 Å². The fourth-order valence-corrected chi connectivity index (χ4v) is 3.14. The van der Waals surface area contributed by atoms with Gasteiger partial charge in [0, 0.05) is 18.2 Å². The van der Waals surface area contributed by atoms with Gasteiger partial charge in [-0.25, -0.2) is 0 Å². The Balaban J connectivity index is 1.88. The largest absolute Gasteiger partial charge is 0.352 e. The zero-order chi connectivity index (χ0) is 18.8. The van der Waals surface area contributed by atoms with Gasteiger partial charge in [-0.3, -0.25) is 9.59 Å². The van der Waals surface area contributed by atoms with Crippen molar-refractivity contribution in [2.75, 3.05) is 5.32 Å². The SMILES string of the molecule is CC(C)=CC1C(C(=O)NCc2ccc(NC(=O)C(C)C)cc2)C1(C)C. The number of hydrogen-bond acceptors (Lipinski definition) is 2. The highest BCUT2D eigenvalue weighted by molar-refractivity contribution is 5.92. The summed E-state index contributed by atoms with van der Waals surface area (Å²) in [5, 5.41) is 5.91. The Morgan fingerprint density at radius 3 is 2.28 bits per heavy atom. The minimum Gasteiger partial charge on any atom is -0.352 e. The number of nitrogens with one attached hydrogen (secondary N) is 2. The molecule has 4 nitrogen and oxygen atoms in total. The molecule has 0 aromatic heterocycles. The molecule has 0 aliphatic heterocycles. The molecular weight excluding hydrogens is 312 g/mol. The molecule has 1 aromatic carbocycles. The number of rotatable bonds is 6. The van der Waals surface area contributed by atoms with Crippen LogP contribution >= 0.6 is 0 Å². The lowest BCUT2D eigenvalue weighted by Crippen LogP contribution is -2.26. The molecule has 2 unspecified atom stereocenters. The van der Waals surface area contributed by atoms with E-state index in [1.54, 1.807) is 0 Å². The molecule has 25 heavy (non-hydrogen) atoms. The molecular formula is C21H30N2O2. The highest BCUT2D eigenvalue weighted by Crippen LogP contribution is 2.59. The summed E-state index contributed by atoms with van der Waals surface area (Å²) in [4.78, 5) is 24.2. The van der Waals surface area contributed by atoms with Crippen molar-refractivity contribution in [3.05, 3.63) is 41.5 Å². The standard InChI is InChI=1S/C21H30N2O2/c1-13(2)11-17-18(21(17,5)6)20(25)22-12-15-7-9-16(10-8-15)23-19(24)14(3)4/h7-11,14,17-18H,12H2,1-6H3,(H,22,25)(H,23,24). The minimum absolute atomic E-state index is 0.00216. The molecule has 1 aliphatic carbocycles. The van der Waals surface area contributed by atoms with E-state index < -0.39 is 0 Å². The Labute approximate surface area is 151 Å². The van der Waals surface area contributed by atoms with Crippen molar-refractivity contribution in [3.8, 4) is 0 Å². The highest BCUT2D eigenvalue weighted by atomic mass is 16.2. The molecule has 0 heterocycles. The molecule has 1 saturated carbocycles. The fraction of sp³-hybridized carbons (Fsp3) is 0.524. The highest BCUT2D eigenvalue weighted by Gasteiger charge is 2.60. The van der Waals surface area contributed by atoms with Crippen molar-refractivity contribution in [2.45, 2.75) is 48.1 Å². The number of benzene rings is 1. The maximum absolute atomic E-state index is 12.5. The molecule has 1 fully saturated rings. The smallest absolute Gasteiger partial charge is 0.226 e. The van der Waals surface area contributed by atoms with Crippen molar-refractivity contribution in [1.82, 2.24) is 5.32 Å². The van der Waals surface area contributed by atoms with E-state index in [-0.39, 0.29) is 29.1 Å². The maximum Gasteiger partial charge on any atom is 0.226 e. The summed E-state index contributed by atoms with van der Waals surface area (Å²) >= 11 is 0. The van der Waals surface area contributed by atoms with Gasteiger partial charge in [0.15, 0.2) is 0 Å². The van der Waals surface area contributed by atoms with Crippen LogP contribution in [0.5, 0.6) is 0 Å². The van der Waals surface area contributed by atoms with Gasteiger partial charge in [-0.1, -0.05) is 51.5 Å². The Hall–Kier alpha value is -2.10. The number of allylic oxidation sites excluding steroid dienone is 2. The van der Waals surface area contributed by atoms with Crippen LogP contribution in [-0.2, 0) is 16.1 Å². The molecule has 1 aliphatic rings. The van der Waals surface area contributed by atoms with Crippen LogP contribution < -0.4 is 10.6 Å². The number of hydrogen-bond donors (Lipinski definition) is 2. The van der Waals surface area contributed by atoms with Crippen molar-refractivity contribution in [3.63, 3.8) is 0 Å². The lowest BCUT2D eigenvalue weighted by Gasteiger charge is -2.09. The monoisotopic (exact) mass is 342 g/mol. The average molecular weight is 342 g/mol. The van der Waals surface area contributed by atoms with Crippen molar-refractivity contribution < 1.29 is 9.59 Å². The summed E-state index contributed by atoms with van der Waals surface area (Å²) in [5.74, 6) is 0.444. The van der Waals surface area contributed by atoms with Crippen LogP contribution in [0, 0.1) is 23.2 Å². The first kappa shape index (κ1) is 19.2. The number of amides is 2.